The third kappa shape index (κ3) is 1.69. The van der Waals surface area contributed by atoms with Crippen molar-refractivity contribution in [3.8, 4) is 0 Å². The van der Waals surface area contributed by atoms with Crippen LogP contribution in [0.2, 0.25) is 0 Å². The number of anilines is 1. The molecule has 1 heterocycles. The van der Waals surface area contributed by atoms with E-state index in [2.05, 4.69) is 35.5 Å². The maximum atomic E-state index is 4.48. The number of hydrogen-bond donors (Lipinski definition) is 0. The van der Waals surface area contributed by atoms with Crippen molar-refractivity contribution in [3.63, 3.8) is 0 Å². The van der Waals surface area contributed by atoms with Gasteiger partial charge in [-0.25, -0.2) is 0 Å². The maximum absolute atomic E-state index is 4.48. The van der Waals surface area contributed by atoms with Crippen LogP contribution in [-0.2, 0) is 0 Å². The maximum Gasteiger partial charge on any atom is 0.0669 e. The van der Waals surface area contributed by atoms with Crippen molar-refractivity contribution < 1.29 is 0 Å². The van der Waals surface area contributed by atoms with Crippen LogP contribution >= 0.6 is 0 Å². The summed E-state index contributed by atoms with van der Waals surface area (Å²) in [6.07, 6.45) is 4.28. The van der Waals surface area contributed by atoms with Gasteiger partial charge in [0.1, 0.15) is 0 Å². The predicted molar refractivity (Wildman–Crippen MR) is 61.6 cm³/mol. The summed E-state index contributed by atoms with van der Waals surface area (Å²) >= 11 is 0. The molecule has 0 radical (unpaired) electrons. The Bertz CT molecular complexity index is 387. The lowest BCUT2D eigenvalue weighted by Gasteiger charge is -2.23. The SMILES string of the molecule is CC(C)=NN1CC=Cc2ccccc21. The summed E-state index contributed by atoms with van der Waals surface area (Å²) < 4.78 is 0. The van der Waals surface area contributed by atoms with Gasteiger partial charge in [-0.3, -0.25) is 5.01 Å². The molecule has 2 heteroatoms. The summed E-state index contributed by atoms with van der Waals surface area (Å²) in [5.41, 5.74) is 3.51. The minimum absolute atomic E-state index is 0.863. The molecule has 0 aromatic heterocycles. The van der Waals surface area contributed by atoms with Crippen molar-refractivity contribution in [2.45, 2.75) is 13.8 Å². The molecule has 1 aliphatic rings. The third-order valence-electron chi connectivity index (χ3n) is 2.11. The summed E-state index contributed by atoms with van der Waals surface area (Å²) in [5, 5.41) is 6.51. The molecular weight excluding hydrogens is 172 g/mol. The zero-order valence-electron chi connectivity index (χ0n) is 8.57. The second-order valence-electron chi connectivity index (χ2n) is 3.59. The fraction of sp³-hybridized carbons (Fsp3) is 0.250. The van der Waals surface area contributed by atoms with Gasteiger partial charge in [-0.05, 0) is 25.5 Å². The van der Waals surface area contributed by atoms with E-state index in [0.717, 1.165) is 12.3 Å². The van der Waals surface area contributed by atoms with Crippen molar-refractivity contribution in [2.24, 2.45) is 5.10 Å². The minimum Gasteiger partial charge on any atom is -0.261 e. The summed E-state index contributed by atoms with van der Waals surface area (Å²) in [4.78, 5) is 0. The standard InChI is InChI=1S/C12H14N2/c1-10(2)13-14-9-5-7-11-6-3-4-8-12(11)14/h3-8H,9H2,1-2H3. The largest absolute Gasteiger partial charge is 0.261 e. The number of fused-ring (bicyclic) bond motifs is 1. The number of benzene rings is 1. The highest BCUT2D eigenvalue weighted by Crippen LogP contribution is 2.25. The van der Waals surface area contributed by atoms with Crippen LogP contribution in [-0.4, -0.2) is 12.3 Å². The summed E-state index contributed by atoms with van der Waals surface area (Å²) in [6, 6.07) is 8.31. The molecule has 0 atom stereocenters. The molecule has 2 nitrogen and oxygen atoms in total. The van der Waals surface area contributed by atoms with Gasteiger partial charge in [-0.2, -0.15) is 5.10 Å². The zero-order chi connectivity index (χ0) is 9.97. The number of hydrogen-bond acceptors (Lipinski definition) is 2. The van der Waals surface area contributed by atoms with E-state index < -0.39 is 0 Å². The third-order valence-corrected chi connectivity index (χ3v) is 2.11. The van der Waals surface area contributed by atoms with E-state index in [0.29, 0.717) is 0 Å². The molecule has 0 fully saturated rings. The van der Waals surface area contributed by atoms with Crippen LogP contribution in [0.3, 0.4) is 0 Å². The Hall–Kier alpha value is -1.57. The minimum atomic E-state index is 0.863. The Morgan fingerprint density at radius 3 is 2.86 bits per heavy atom. The van der Waals surface area contributed by atoms with Crippen molar-refractivity contribution in [1.29, 1.82) is 0 Å². The molecule has 1 aromatic carbocycles. The van der Waals surface area contributed by atoms with Gasteiger partial charge in [0, 0.05) is 5.71 Å². The van der Waals surface area contributed by atoms with E-state index in [1.54, 1.807) is 0 Å². The predicted octanol–water partition coefficient (Wildman–Crippen LogP) is 2.92. The van der Waals surface area contributed by atoms with Gasteiger partial charge in [-0.1, -0.05) is 30.4 Å². The first-order valence-corrected chi connectivity index (χ1v) is 4.82. The molecule has 14 heavy (non-hydrogen) atoms. The van der Waals surface area contributed by atoms with Crippen LogP contribution in [0.5, 0.6) is 0 Å². The first kappa shape index (κ1) is 9.00. The molecule has 1 aromatic rings. The second-order valence-corrected chi connectivity index (χ2v) is 3.59. The Morgan fingerprint density at radius 2 is 2.07 bits per heavy atom. The lowest BCUT2D eigenvalue weighted by atomic mass is 10.1. The molecule has 0 aliphatic carbocycles. The Kier molecular flexibility index (Phi) is 2.35. The lowest BCUT2D eigenvalue weighted by molar-refractivity contribution is 0.929. The molecule has 0 saturated heterocycles. The summed E-state index contributed by atoms with van der Waals surface area (Å²) in [5.74, 6) is 0. The Labute approximate surface area is 84.6 Å². The van der Waals surface area contributed by atoms with E-state index in [4.69, 9.17) is 0 Å². The van der Waals surface area contributed by atoms with E-state index >= 15 is 0 Å². The van der Waals surface area contributed by atoms with Gasteiger partial charge in [0.2, 0.25) is 0 Å². The normalized spacial score (nSPS) is 13.7. The average Bonchev–Trinajstić information content (AvgIpc) is 2.18. The van der Waals surface area contributed by atoms with Crippen LogP contribution in [0.4, 0.5) is 5.69 Å². The molecule has 1 aliphatic heterocycles. The molecule has 0 amide bonds. The Balaban J connectivity index is 2.41. The molecule has 0 bridgehead atoms. The average molecular weight is 186 g/mol. The van der Waals surface area contributed by atoms with E-state index in [1.165, 1.54) is 11.3 Å². The van der Waals surface area contributed by atoms with Crippen LogP contribution in [0.15, 0.2) is 35.4 Å². The fourth-order valence-electron chi connectivity index (χ4n) is 1.58. The van der Waals surface area contributed by atoms with E-state index in [1.807, 2.05) is 24.9 Å². The highest BCUT2D eigenvalue weighted by molar-refractivity contribution is 5.81. The van der Waals surface area contributed by atoms with Crippen LogP contribution in [0.25, 0.3) is 6.08 Å². The van der Waals surface area contributed by atoms with Crippen molar-refractivity contribution in [3.05, 3.63) is 35.9 Å². The Morgan fingerprint density at radius 1 is 1.29 bits per heavy atom. The topological polar surface area (TPSA) is 15.6 Å². The lowest BCUT2D eigenvalue weighted by Crippen LogP contribution is -2.20. The molecule has 0 unspecified atom stereocenters. The van der Waals surface area contributed by atoms with Gasteiger partial charge < -0.3 is 0 Å². The van der Waals surface area contributed by atoms with Gasteiger partial charge >= 0.3 is 0 Å². The molecule has 0 spiro atoms. The van der Waals surface area contributed by atoms with Crippen LogP contribution in [0.1, 0.15) is 19.4 Å². The quantitative estimate of drug-likeness (QED) is 0.616. The second kappa shape index (κ2) is 3.66. The highest BCUT2D eigenvalue weighted by Gasteiger charge is 2.10. The molecule has 2 rings (SSSR count). The van der Waals surface area contributed by atoms with Crippen molar-refractivity contribution in [2.75, 3.05) is 11.6 Å². The van der Waals surface area contributed by atoms with Crippen LogP contribution in [0, 0.1) is 0 Å². The number of para-hydroxylation sites is 1. The molecular formula is C12H14N2. The monoisotopic (exact) mass is 186 g/mol. The molecule has 72 valence electrons. The summed E-state index contributed by atoms with van der Waals surface area (Å²) in [7, 11) is 0. The first-order valence-electron chi connectivity index (χ1n) is 4.82. The van der Waals surface area contributed by atoms with Gasteiger partial charge in [0.05, 0.1) is 12.2 Å². The first-order chi connectivity index (χ1) is 6.77. The van der Waals surface area contributed by atoms with Gasteiger partial charge in [0.25, 0.3) is 0 Å². The van der Waals surface area contributed by atoms with E-state index in [-0.39, 0.29) is 0 Å². The van der Waals surface area contributed by atoms with Crippen molar-refractivity contribution >= 4 is 17.5 Å². The van der Waals surface area contributed by atoms with E-state index in [9.17, 15) is 0 Å². The smallest absolute Gasteiger partial charge is 0.0669 e. The highest BCUT2D eigenvalue weighted by atomic mass is 15.5. The van der Waals surface area contributed by atoms with Gasteiger partial charge in [0.15, 0.2) is 0 Å². The van der Waals surface area contributed by atoms with Crippen molar-refractivity contribution in [1.82, 2.24) is 0 Å². The molecule has 0 N–H and O–H groups in total. The zero-order valence-corrected chi connectivity index (χ0v) is 8.57. The number of hydrazone groups is 1. The summed E-state index contributed by atoms with van der Waals surface area (Å²) in [6.45, 7) is 4.89. The molecule has 0 saturated carbocycles. The fourth-order valence-corrected chi connectivity index (χ4v) is 1.58. The van der Waals surface area contributed by atoms with Gasteiger partial charge in [-0.15, -0.1) is 0 Å². The number of rotatable bonds is 1. The van der Waals surface area contributed by atoms with Crippen LogP contribution < -0.4 is 5.01 Å². The number of nitrogens with zero attached hydrogens (tertiary/aromatic N) is 2.